The van der Waals surface area contributed by atoms with Crippen molar-refractivity contribution >= 4 is 11.5 Å². The lowest BCUT2D eigenvalue weighted by molar-refractivity contribution is 0.174. The summed E-state index contributed by atoms with van der Waals surface area (Å²) in [6.07, 6.45) is 3.53. The van der Waals surface area contributed by atoms with Gasteiger partial charge in [0.2, 0.25) is 12.7 Å². The van der Waals surface area contributed by atoms with Gasteiger partial charge in [0.15, 0.2) is 17.1 Å². The lowest BCUT2D eigenvalue weighted by Crippen LogP contribution is -2.04. The second-order valence-electron chi connectivity index (χ2n) is 6.26. The molecule has 3 aromatic heterocycles. The smallest absolute Gasteiger partial charge is 0.231 e. The summed E-state index contributed by atoms with van der Waals surface area (Å²) in [6, 6.07) is 13.5. The average molecular weight is 375 g/mol. The van der Waals surface area contributed by atoms with E-state index in [4.69, 9.17) is 14.2 Å². The summed E-state index contributed by atoms with van der Waals surface area (Å²) in [4.78, 5) is 8.68. The Morgan fingerprint density at radius 2 is 1.96 bits per heavy atom. The molecule has 4 heterocycles. The van der Waals surface area contributed by atoms with Crippen molar-refractivity contribution in [1.29, 1.82) is 0 Å². The standard InChI is InChI=1S/C20H17N5O3/c1-26-20-7-3-14(10-23-20)15-11-22-19-6-5-18(24-25(15)19)21-9-13-2-4-16-17(8-13)28-12-27-16/h2-8,10-11H,9,12H2,1H3,(H,21,24). The molecule has 0 saturated carbocycles. The molecule has 0 radical (unpaired) electrons. The summed E-state index contributed by atoms with van der Waals surface area (Å²) in [6.45, 7) is 0.886. The van der Waals surface area contributed by atoms with Gasteiger partial charge in [-0.3, -0.25) is 0 Å². The maximum Gasteiger partial charge on any atom is 0.231 e. The first-order valence-corrected chi connectivity index (χ1v) is 8.78. The van der Waals surface area contributed by atoms with Gasteiger partial charge >= 0.3 is 0 Å². The van der Waals surface area contributed by atoms with Crippen LogP contribution in [0.3, 0.4) is 0 Å². The Labute approximate surface area is 160 Å². The Morgan fingerprint density at radius 3 is 2.82 bits per heavy atom. The average Bonchev–Trinajstić information content (AvgIpc) is 3.38. The molecule has 4 aromatic rings. The lowest BCUT2D eigenvalue weighted by Gasteiger charge is -2.08. The van der Waals surface area contributed by atoms with Crippen molar-refractivity contribution in [2.24, 2.45) is 0 Å². The number of hydrogen-bond donors (Lipinski definition) is 1. The van der Waals surface area contributed by atoms with E-state index in [1.165, 1.54) is 0 Å². The van der Waals surface area contributed by atoms with Gasteiger partial charge in [-0.2, -0.15) is 0 Å². The van der Waals surface area contributed by atoms with Crippen LogP contribution in [0.2, 0.25) is 0 Å². The fourth-order valence-corrected chi connectivity index (χ4v) is 3.06. The number of ether oxygens (including phenoxy) is 3. The topological polar surface area (TPSA) is 82.8 Å². The Kier molecular flexibility index (Phi) is 3.93. The number of anilines is 1. The molecule has 1 aromatic carbocycles. The minimum atomic E-state index is 0.272. The molecule has 0 saturated heterocycles. The van der Waals surface area contributed by atoms with E-state index >= 15 is 0 Å². The molecule has 0 unspecified atom stereocenters. The first-order valence-electron chi connectivity index (χ1n) is 8.78. The molecular weight excluding hydrogens is 358 g/mol. The first-order chi connectivity index (χ1) is 13.8. The fourth-order valence-electron chi connectivity index (χ4n) is 3.06. The summed E-state index contributed by atoms with van der Waals surface area (Å²) >= 11 is 0. The van der Waals surface area contributed by atoms with E-state index in [1.54, 1.807) is 24.0 Å². The number of pyridine rings is 1. The molecule has 140 valence electrons. The van der Waals surface area contributed by atoms with Crippen LogP contribution in [0.4, 0.5) is 5.82 Å². The van der Waals surface area contributed by atoms with Crippen LogP contribution >= 0.6 is 0 Å². The van der Waals surface area contributed by atoms with Crippen LogP contribution in [0.1, 0.15) is 5.56 Å². The normalized spacial score (nSPS) is 12.3. The van der Waals surface area contributed by atoms with Gasteiger partial charge in [0, 0.05) is 24.4 Å². The SMILES string of the molecule is COc1ccc(-c2cnc3ccc(NCc4ccc5c(c4)OCO5)nn23)cn1. The van der Waals surface area contributed by atoms with Gasteiger partial charge < -0.3 is 19.5 Å². The zero-order valence-electron chi connectivity index (χ0n) is 15.1. The third-order valence-corrected chi connectivity index (χ3v) is 4.51. The number of nitrogens with one attached hydrogen (secondary N) is 1. The molecule has 1 aliphatic heterocycles. The van der Waals surface area contributed by atoms with Crippen molar-refractivity contribution in [2.75, 3.05) is 19.2 Å². The van der Waals surface area contributed by atoms with E-state index in [1.807, 2.05) is 42.5 Å². The number of nitrogens with zero attached hydrogens (tertiary/aromatic N) is 4. The van der Waals surface area contributed by atoms with Gasteiger partial charge in [-0.1, -0.05) is 6.07 Å². The second kappa shape index (κ2) is 6.73. The van der Waals surface area contributed by atoms with Gasteiger partial charge in [0.05, 0.1) is 19.0 Å². The fraction of sp³-hybridized carbons (Fsp3) is 0.150. The molecule has 28 heavy (non-hydrogen) atoms. The number of hydrogen-bond acceptors (Lipinski definition) is 7. The van der Waals surface area contributed by atoms with Crippen molar-refractivity contribution in [1.82, 2.24) is 19.6 Å². The number of rotatable bonds is 5. The number of imidazole rings is 1. The number of fused-ring (bicyclic) bond motifs is 2. The molecule has 0 atom stereocenters. The van der Waals surface area contributed by atoms with Crippen LogP contribution < -0.4 is 19.5 Å². The summed E-state index contributed by atoms with van der Waals surface area (Å²) in [5.41, 5.74) is 3.61. The minimum absolute atomic E-state index is 0.272. The number of benzene rings is 1. The Hall–Kier alpha value is -3.81. The highest BCUT2D eigenvalue weighted by atomic mass is 16.7. The van der Waals surface area contributed by atoms with Gasteiger partial charge in [0.1, 0.15) is 5.82 Å². The highest BCUT2D eigenvalue weighted by Gasteiger charge is 2.13. The quantitative estimate of drug-likeness (QED) is 0.574. The monoisotopic (exact) mass is 375 g/mol. The third-order valence-electron chi connectivity index (χ3n) is 4.51. The van der Waals surface area contributed by atoms with Gasteiger partial charge in [-0.05, 0) is 35.9 Å². The minimum Gasteiger partial charge on any atom is -0.481 e. The van der Waals surface area contributed by atoms with Crippen LogP contribution in [0, 0.1) is 0 Å². The van der Waals surface area contributed by atoms with E-state index in [9.17, 15) is 0 Å². The Balaban J connectivity index is 1.39. The predicted molar refractivity (Wildman–Crippen MR) is 103 cm³/mol. The molecule has 0 fully saturated rings. The van der Waals surface area contributed by atoms with Gasteiger partial charge in [0.25, 0.3) is 0 Å². The van der Waals surface area contributed by atoms with Crippen LogP contribution in [-0.4, -0.2) is 33.5 Å². The molecule has 1 N–H and O–H groups in total. The molecule has 5 rings (SSSR count). The summed E-state index contributed by atoms with van der Waals surface area (Å²) in [5.74, 6) is 2.86. The van der Waals surface area contributed by atoms with Crippen molar-refractivity contribution < 1.29 is 14.2 Å². The van der Waals surface area contributed by atoms with E-state index in [-0.39, 0.29) is 6.79 Å². The highest BCUT2D eigenvalue weighted by molar-refractivity contribution is 5.63. The van der Waals surface area contributed by atoms with Crippen molar-refractivity contribution in [2.45, 2.75) is 6.54 Å². The first kappa shape index (κ1) is 16.4. The summed E-state index contributed by atoms with van der Waals surface area (Å²) < 4.78 is 17.7. The Morgan fingerprint density at radius 1 is 1.04 bits per heavy atom. The molecule has 8 heteroatoms. The van der Waals surface area contributed by atoms with Crippen LogP contribution in [0.15, 0.2) is 54.9 Å². The summed E-state index contributed by atoms with van der Waals surface area (Å²) in [7, 11) is 1.59. The van der Waals surface area contributed by atoms with Gasteiger partial charge in [-0.25, -0.2) is 14.5 Å². The molecule has 0 amide bonds. The third kappa shape index (κ3) is 2.94. The molecule has 1 aliphatic rings. The highest BCUT2D eigenvalue weighted by Crippen LogP contribution is 2.32. The van der Waals surface area contributed by atoms with Crippen LogP contribution in [0.25, 0.3) is 16.9 Å². The largest absolute Gasteiger partial charge is 0.481 e. The van der Waals surface area contributed by atoms with Gasteiger partial charge in [-0.15, -0.1) is 5.10 Å². The molecular formula is C20H17N5O3. The summed E-state index contributed by atoms with van der Waals surface area (Å²) in [5, 5.41) is 8.01. The second-order valence-corrected chi connectivity index (χ2v) is 6.26. The van der Waals surface area contributed by atoms with Crippen LogP contribution in [-0.2, 0) is 6.54 Å². The molecule has 8 nitrogen and oxygen atoms in total. The van der Waals surface area contributed by atoms with Crippen molar-refractivity contribution in [3.05, 3.63) is 60.4 Å². The lowest BCUT2D eigenvalue weighted by atomic mass is 10.2. The van der Waals surface area contributed by atoms with Crippen molar-refractivity contribution in [3.8, 4) is 28.6 Å². The molecule has 0 aliphatic carbocycles. The van der Waals surface area contributed by atoms with E-state index in [0.29, 0.717) is 12.4 Å². The zero-order chi connectivity index (χ0) is 18.9. The zero-order valence-corrected chi connectivity index (χ0v) is 15.1. The molecule has 0 spiro atoms. The van der Waals surface area contributed by atoms with Crippen LogP contribution in [0.5, 0.6) is 17.4 Å². The number of methoxy groups -OCH3 is 1. The maximum atomic E-state index is 5.43. The number of aromatic nitrogens is 4. The Bertz CT molecular complexity index is 1140. The van der Waals surface area contributed by atoms with Crippen molar-refractivity contribution in [3.63, 3.8) is 0 Å². The maximum absolute atomic E-state index is 5.43. The van der Waals surface area contributed by atoms with E-state index < -0.39 is 0 Å². The van der Waals surface area contributed by atoms with E-state index in [0.717, 1.165) is 39.8 Å². The van der Waals surface area contributed by atoms with E-state index in [2.05, 4.69) is 20.4 Å². The molecule has 0 bridgehead atoms. The predicted octanol–water partition coefficient (Wildman–Crippen LogP) is 3.14.